The zero-order valence-corrected chi connectivity index (χ0v) is 18.1. The number of fused-ring (bicyclic) bond motifs is 1. The summed E-state index contributed by atoms with van der Waals surface area (Å²) in [6.45, 7) is 3.00. The third-order valence-corrected chi connectivity index (χ3v) is 5.34. The topological polar surface area (TPSA) is 77.6 Å². The van der Waals surface area contributed by atoms with Crippen molar-refractivity contribution in [2.24, 2.45) is 0 Å². The maximum atomic E-state index is 12.7. The van der Waals surface area contributed by atoms with Crippen LogP contribution in [-0.2, 0) is 13.0 Å². The van der Waals surface area contributed by atoms with Gasteiger partial charge < -0.3 is 25.0 Å². The summed E-state index contributed by atoms with van der Waals surface area (Å²) >= 11 is 5.62. The lowest BCUT2D eigenvalue weighted by Gasteiger charge is -2.26. The molecular formula is C23H27N3O3S. The number of aromatic amines is 1. The van der Waals surface area contributed by atoms with Crippen molar-refractivity contribution in [2.75, 3.05) is 25.6 Å². The van der Waals surface area contributed by atoms with Crippen LogP contribution in [0.15, 0.2) is 53.3 Å². The molecule has 0 aliphatic rings. The van der Waals surface area contributed by atoms with Gasteiger partial charge >= 0.3 is 0 Å². The summed E-state index contributed by atoms with van der Waals surface area (Å²) in [6.07, 6.45) is 1.47. The summed E-state index contributed by atoms with van der Waals surface area (Å²) in [4.78, 5) is 17.5. The van der Waals surface area contributed by atoms with Crippen molar-refractivity contribution >= 4 is 33.9 Å². The van der Waals surface area contributed by atoms with Crippen LogP contribution in [0.2, 0.25) is 0 Å². The molecule has 0 radical (unpaired) electrons. The zero-order chi connectivity index (χ0) is 21.5. The lowest BCUT2D eigenvalue weighted by Crippen LogP contribution is -2.37. The molecule has 1 aromatic heterocycles. The highest BCUT2D eigenvalue weighted by Crippen LogP contribution is 2.24. The number of rotatable bonds is 8. The van der Waals surface area contributed by atoms with Crippen LogP contribution in [0.3, 0.4) is 0 Å². The fraction of sp³-hybridized carbons (Fsp3) is 0.304. The van der Waals surface area contributed by atoms with E-state index < -0.39 is 0 Å². The first-order valence-corrected chi connectivity index (χ1v) is 10.4. The van der Waals surface area contributed by atoms with Crippen LogP contribution in [0.1, 0.15) is 24.5 Å². The zero-order valence-electron chi connectivity index (χ0n) is 17.3. The number of H-pyrrole nitrogens is 1. The maximum Gasteiger partial charge on any atom is 0.253 e. The molecule has 0 unspecified atom stereocenters. The molecule has 158 valence electrons. The van der Waals surface area contributed by atoms with Gasteiger partial charge in [-0.05, 0) is 66.3 Å². The number of aryl methyl sites for hydroxylation is 1. The standard InChI is InChI=1S/C23H27N3O3S/c1-3-16-9-10-19-17(13-16)14-18(22(28)24-19)15-26(11-6-12-27)23(30)25-20-7-4-5-8-21(20)29-2/h4-5,7-10,13-14,27H,3,6,11-12,15H2,1-2H3,(H,24,28)(H,25,30). The smallest absolute Gasteiger partial charge is 0.253 e. The van der Waals surface area contributed by atoms with Gasteiger partial charge in [-0.15, -0.1) is 0 Å². The Morgan fingerprint density at radius 2 is 2.03 bits per heavy atom. The van der Waals surface area contributed by atoms with Gasteiger partial charge in [0.05, 0.1) is 19.3 Å². The number of nitrogens with one attached hydrogen (secondary N) is 2. The van der Waals surface area contributed by atoms with E-state index in [2.05, 4.69) is 23.3 Å². The van der Waals surface area contributed by atoms with E-state index in [1.54, 1.807) is 7.11 Å². The van der Waals surface area contributed by atoms with Crippen LogP contribution in [0.5, 0.6) is 5.75 Å². The normalized spacial score (nSPS) is 10.8. The first kappa shape index (κ1) is 21.8. The molecule has 0 amide bonds. The summed E-state index contributed by atoms with van der Waals surface area (Å²) in [5.74, 6) is 0.678. The molecule has 30 heavy (non-hydrogen) atoms. The Bertz CT molecular complexity index is 1080. The van der Waals surface area contributed by atoms with Gasteiger partial charge in [-0.2, -0.15) is 0 Å². The number of ether oxygens (including phenoxy) is 1. The predicted octanol–water partition coefficient (Wildman–Crippen LogP) is 3.68. The van der Waals surface area contributed by atoms with Crippen LogP contribution in [0, 0.1) is 0 Å². The van der Waals surface area contributed by atoms with E-state index >= 15 is 0 Å². The number of thiocarbonyl (C=S) groups is 1. The fourth-order valence-corrected chi connectivity index (χ4v) is 3.57. The summed E-state index contributed by atoms with van der Waals surface area (Å²) in [6, 6.07) is 15.5. The average Bonchev–Trinajstić information content (AvgIpc) is 2.76. The van der Waals surface area contributed by atoms with E-state index in [-0.39, 0.29) is 12.2 Å². The molecule has 7 heteroatoms. The van der Waals surface area contributed by atoms with Crippen molar-refractivity contribution in [1.82, 2.24) is 9.88 Å². The second kappa shape index (κ2) is 10.2. The van der Waals surface area contributed by atoms with Crippen LogP contribution < -0.4 is 15.6 Å². The lowest BCUT2D eigenvalue weighted by atomic mass is 10.1. The molecule has 0 aliphatic carbocycles. The highest BCUT2D eigenvalue weighted by atomic mass is 32.1. The van der Waals surface area contributed by atoms with Gasteiger partial charge in [0.2, 0.25) is 0 Å². The van der Waals surface area contributed by atoms with Gasteiger partial charge in [-0.25, -0.2) is 0 Å². The third-order valence-electron chi connectivity index (χ3n) is 4.98. The number of para-hydroxylation sites is 2. The molecule has 0 atom stereocenters. The van der Waals surface area contributed by atoms with Crippen molar-refractivity contribution in [2.45, 2.75) is 26.3 Å². The van der Waals surface area contributed by atoms with Crippen molar-refractivity contribution in [3.8, 4) is 5.75 Å². The van der Waals surface area contributed by atoms with Crippen molar-refractivity contribution in [3.63, 3.8) is 0 Å². The maximum absolute atomic E-state index is 12.7. The van der Waals surface area contributed by atoms with E-state index in [0.29, 0.717) is 35.9 Å². The quantitative estimate of drug-likeness (QED) is 0.478. The summed E-state index contributed by atoms with van der Waals surface area (Å²) < 4.78 is 5.38. The minimum Gasteiger partial charge on any atom is -0.495 e. The number of aliphatic hydroxyl groups is 1. The Kier molecular flexibility index (Phi) is 7.43. The van der Waals surface area contributed by atoms with Gasteiger partial charge in [-0.1, -0.05) is 25.1 Å². The molecule has 3 N–H and O–H groups in total. The Labute approximate surface area is 181 Å². The van der Waals surface area contributed by atoms with Gasteiger partial charge in [0.15, 0.2) is 5.11 Å². The van der Waals surface area contributed by atoms with E-state index in [0.717, 1.165) is 23.0 Å². The highest BCUT2D eigenvalue weighted by molar-refractivity contribution is 7.80. The number of benzene rings is 2. The minimum absolute atomic E-state index is 0.0434. The minimum atomic E-state index is -0.138. The molecule has 3 aromatic rings. The molecule has 0 bridgehead atoms. The first-order valence-electron chi connectivity index (χ1n) is 10.00. The number of aromatic nitrogens is 1. The highest BCUT2D eigenvalue weighted by Gasteiger charge is 2.15. The molecule has 0 aliphatic heterocycles. The van der Waals surface area contributed by atoms with Crippen molar-refractivity contribution < 1.29 is 9.84 Å². The summed E-state index contributed by atoms with van der Waals surface area (Å²) in [5, 5.41) is 14.0. The number of hydrogen-bond acceptors (Lipinski definition) is 4. The van der Waals surface area contributed by atoms with Gasteiger partial charge in [0.25, 0.3) is 5.56 Å². The number of aliphatic hydroxyl groups excluding tert-OH is 1. The third kappa shape index (κ3) is 5.17. The average molecular weight is 426 g/mol. The molecule has 6 nitrogen and oxygen atoms in total. The Morgan fingerprint density at radius 1 is 1.23 bits per heavy atom. The summed E-state index contributed by atoms with van der Waals surface area (Å²) in [5.41, 5.74) is 3.27. The molecule has 2 aromatic carbocycles. The molecule has 0 saturated carbocycles. The second-order valence-electron chi connectivity index (χ2n) is 7.03. The van der Waals surface area contributed by atoms with Crippen molar-refractivity contribution in [1.29, 1.82) is 0 Å². The van der Waals surface area contributed by atoms with E-state index in [9.17, 15) is 9.90 Å². The molecule has 3 rings (SSSR count). The Morgan fingerprint density at radius 3 is 2.77 bits per heavy atom. The number of hydrogen-bond donors (Lipinski definition) is 3. The predicted molar refractivity (Wildman–Crippen MR) is 125 cm³/mol. The second-order valence-corrected chi connectivity index (χ2v) is 7.41. The molecule has 0 fully saturated rings. The van der Waals surface area contributed by atoms with Crippen LogP contribution in [-0.4, -0.2) is 40.4 Å². The number of pyridine rings is 1. The van der Waals surface area contributed by atoms with Crippen LogP contribution in [0.25, 0.3) is 10.9 Å². The van der Waals surface area contributed by atoms with Crippen LogP contribution in [0.4, 0.5) is 5.69 Å². The number of anilines is 1. The monoisotopic (exact) mass is 425 g/mol. The summed E-state index contributed by atoms with van der Waals surface area (Å²) in [7, 11) is 1.60. The molecular weight excluding hydrogens is 398 g/mol. The largest absolute Gasteiger partial charge is 0.495 e. The van der Waals surface area contributed by atoms with Crippen molar-refractivity contribution in [3.05, 3.63) is 70.0 Å². The van der Waals surface area contributed by atoms with Gasteiger partial charge in [0.1, 0.15) is 5.75 Å². The van der Waals surface area contributed by atoms with E-state index in [1.165, 1.54) is 5.56 Å². The number of nitrogens with zero attached hydrogens (tertiary/aromatic N) is 1. The number of methoxy groups -OCH3 is 1. The Hall–Kier alpha value is -2.90. The first-order chi connectivity index (χ1) is 14.5. The van der Waals surface area contributed by atoms with Gasteiger partial charge in [-0.3, -0.25) is 4.79 Å². The van der Waals surface area contributed by atoms with Crippen LogP contribution >= 0.6 is 12.2 Å². The van der Waals surface area contributed by atoms with Gasteiger partial charge in [0, 0.05) is 24.2 Å². The van der Waals surface area contributed by atoms with E-state index in [4.69, 9.17) is 17.0 Å². The molecule has 0 spiro atoms. The fourth-order valence-electron chi connectivity index (χ4n) is 3.30. The SMILES string of the molecule is CCc1ccc2[nH]c(=O)c(CN(CCCO)C(=S)Nc3ccccc3OC)cc2c1. The Balaban J connectivity index is 1.87. The molecule has 0 saturated heterocycles. The van der Waals surface area contributed by atoms with E-state index in [1.807, 2.05) is 47.4 Å². The lowest BCUT2D eigenvalue weighted by molar-refractivity contribution is 0.265. The molecule has 1 heterocycles.